The normalized spacial score (nSPS) is 18.6. The number of carbonyl (C=O) groups is 1. The summed E-state index contributed by atoms with van der Waals surface area (Å²) in [6, 6.07) is 5.84. The van der Waals surface area contributed by atoms with Crippen LogP contribution in [0.3, 0.4) is 0 Å². The van der Waals surface area contributed by atoms with Gasteiger partial charge in [-0.05, 0) is 38.0 Å². The van der Waals surface area contributed by atoms with Crippen molar-refractivity contribution < 1.29 is 14.3 Å². The fraction of sp³-hybridized carbons (Fsp3) is 0.524. The number of hydrogen-bond donors (Lipinski definition) is 0. The largest absolute Gasteiger partial charge is 0.486 e. The first-order valence-electron chi connectivity index (χ1n) is 9.92. The molecule has 1 unspecified atom stereocenters. The van der Waals surface area contributed by atoms with Gasteiger partial charge in [0.25, 0.3) is 0 Å². The lowest BCUT2D eigenvalue weighted by molar-refractivity contribution is -0.132. The summed E-state index contributed by atoms with van der Waals surface area (Å²) in [7, 11) is 0. The summed E-state index contributed by atoms with van der Waals surface area (Å²) in [5.41, 5.74) is 2.11. The first-order chi connectivity index (χ1) is 13.6. The van der Waals surface area contributed by atoms with Gasteiger partial charge in [-0.15, -0.1) is 11.3 Å². The third-order valence-corrected chi connectivity index (χ3v) is 6.21. The van der Waals surface area contributed by atoms with E-state index in [2.05, 4.69) is 15.3 Å². The lowest BCUT2D eigenvalue weighted by Gasteiger charge is -2.26. The Hall–Kier alpha value is -2.12. The van der Waals surface area contributed by atoms with Gasteiger partial charge in [-0.3, -0.25) is 9.69 Å². The molecule has 0 aliphatic carbocycles. The number of fused-ring (bicyclic) bond motifs is 1. The predicted octanol–water partition coefficient (Wildman–Crippen LogP) is 3.06. The lowest BCUT2D eigenvalue weighted by atomic mass is 9.99. The molecule has 4 rings (SSSR count). The summed E-state index contributed by atoms with van der Waals surface area (Å²) in [5, 5.41) is 3.24. The minimum Gasteiger partial charge on any atom is -0.486 e. The average molecular weight is 402 g/mol. The molecular weight excluding hydrogens is 374 g/mol. The summed E-state index contributed by atoms with van der Waals surface area (Å²) in [6.45, 7) is 9.46. The second-order valence-electron chi connectivity index (χ2n) is 7.44. The van der Waals surface area contributed by atoms with Crippen molar-refractivity contribution in [3.8, 4) is 11.5 Å². The summed E-state index contributed by atoms with van der Waals surface area (Å²) < 4.78 is 11.3. The summed E-state index contributed by atoms with van der Waals surface area (Å²) in [5.74, 6) is 1.49. The molecule has 0 radical (unpaired) electrons. The number of benzene rings is 1. The minimum atomic E-state index is -0.191. The highest BCUT2D eigenvalue weighted by molar-refractivity contribution is 7.09. The number of nitrogens with zero attached hydrogens (tertiary/aromatic N) is 3. The van der Waals surface area contributed by atoms with Gasteiger partial charge in [0.05, 0.1) is 16.6 Å². The maximum Gasteiger partial charge on any atom is 0.229 e. The van der Waals surface area contributed by atoms with E-state index in [1.54, 1.807) is 11.3 Å². The molecule has 3 heterocycles. The Morgan fingerprint density at radius 3 is 2.79 bits per heavy atom. The van der Waals surface area contributed by atoms with Crippen LogP contribution < -0.4 is 9.47 Å². The molecule has 0 bridgehead atoms. The number of thiazole rings is 1. The first kappa shape index (κ1) is 19.2. The molecule has 0 spiro atoms. The number of hydrogen-bond acceptors (Lipinski definition) is 6. The molecule has 7 heteroatoms. The maximum atomic E-state index is 13.1. The molecule has 2 aliphatic rings. The van der Waals surface area contributed by atoms with Crippen LogP contribution in [0.15, 0.2) is 23.6 Å². The van der Waals surface area contributed by atoms with Crippen LogP contribution in [-0.2, 0) is 11.3 Å². The monoisotopic (exact) mass is 401 g/mol. The van der Waals surface area contributed by atoms with Gasteiger partial charge in [0.1, 0.15) is 13.2 Å². The number of ether oxygens (including phenoxy) is 2. The molecule has 2 aromatic rings. The molecule has 1 aromatic heterocycles. The molecule has 28 heavy (non-hydrogen) atoms. The fourth-order valence-electron chi connectivity index (χ4n) is 3.81. The molecule has 150 valence electrons. The number of aromatic nitrogens is 1. The van der Waals surface area contributed by atoms with Crippen molar-refractivity contribution in [2.75, 3.05) is 39.4 Å². The van der Waals surface area contributed by atoms with Crippen LogP contribution in [0.25, 0.3) is 0 Å². The van der Waals surface area contributed by atoms with Gasteiger partial charge < -0.3 is 14.4 Å². The molecular formula is C21H27N3O3S. The van der Waals surface area contributed by atoms with Crippen LogP contribution in [0.5, 0.6) is 11.5 Å². The van der Waals surface area contributed by atoms with E-state index in [9.17, 15) is 4.79 Å². The average Bonchev–Trinajstić information content (AvgIpc) is 2.98. The lowest BCUT2D eigenvalue weighted by Crippen LogP contribution is -2.37. The summed E-state index contributed by atoms with van der Waals surface area (Å²) in [6.07, 6.45) is 0.989. The third kappa shape index (κ3) is 4.31. The van der Waals surface area contributed by atoms with Gasteiger partial charge in [0.15, 0.2) is 11.5 Å². The topological polar surface area (TPSA) is 54.9 Å². The van der Waals surface area contributed by atoms with E-state index in [0.29, 0.717) is 13.2 Å². The zero-order valence-electron chi connectivity index (χ0n) is 16.5. The Kier molecular flexibility index (Phi) is 5.82. The van der Waals surface area contributed by atoms with Gasteiger partial charge in [-0.1, -0.05) is 6.07 Å². The molecule has 1 amide bonds. The Labute approximate surface area is 170 Å². The van der Waals surface area contributed by atoms with Crippen LogP contribution in [0.1, 0.15) is 35.5 Å². The van der Waals surface area contributed by atoms with Crippen molar-refractivity contribution in [2.45, 2.75) is 32.7 Å². The van der Waals surface area contributed by atoms with Crippen molar-refractivity contribution in [3.05, 3.63) is 39.8 Å². The Morgan fingerprint density at radius 1 is 1.18 bits per heavy atom. The Balaban J connectivity index is 1.37. The van der Waals surface area contributed by atoms with Crippen molar-refractivity contribution in [1.82, 2.24) is 14.8 Å². The van der Waals surface area contributed by atoms with Crippen molar-refractivity contribution in [3.63, 3.8) is 0 Å². The summed E-state index contributed by atoms with van der Waals surface area (Å²) in [4.78, 5) is 22.1. The van der Waals surface area contributed by atoms with E-state index >= 15 is 0 Å². The highest BCUT2D eigenvalue weighted by Gasteiger charge is 2.26. The number of rotatable bonds is 4. The number of carbonyl (C=O) groups excluding carboxylic acids is 1. The second kappa shape index (κ2) is 8.49. The Morgan fingerprint density at radius 2 is 2.00 bits per heavy atom. The van der Waals surface area contributed by atoms with E-state index in [1.807, 2.05) is 36.9 Å². The van der Waals surface area contributed by atoms with Crippen molar-refractivity contribution in [2.24, 2.45) is 0 Å². The second-order valence-corrected chi connectivity index (χ2v) is 8.50. The molecule has 1 saturated heterocycles. The molecule has 1 aromatic carbocycles. The molecule has 1 fully saturated rings. The smallest absolute Gasteiger partial charge is 0.229 e. The zero-order chi connectivity index (χ0) is 19.5. The minimum absolute atomic E-state index is 0.183. The van der Waals surface area contributed by atoms with E-state index in [4.69, 9.17) is 9.47 Å². The number of aryl methyl sites for hydroxylation is 1. The van der Waals surface area contributed by atoms with Crippen LogP contribution in [0, 0.1) is 6.92 Å². The predicted molar refractivity (Wildman–Crippen MR) is 109 cm³/mol. The van der Waals surface area contributed by atoms with Gasteiger partial charge >= 0.3 is 0 Å². The highest BCUT2D eigenvalue weighted by atomic mass is 32.1. The van der Waals surface area contributed by atoms with Gasteiger partial charge in [0.2, 0.25) is 5.91 Å². The van der Waals surface area contributed by atoms with Crippen LogP contribution in [0.4, 0.5) is 0 Å². The first-order valence-corrected chi connectivity index (χ1v) is 10.8. The van der Waals surface area contributed by atoms with Gasteiger partial charge in [0, 0.05) is 38.1 Å². The van der Waals surface area contributed by atoms with Gasteiger partial charge in [-0.2, -0.15) is 0 Å². The van der Waals surface area contributed by atoms with E-state index in [0.717, 1.165) is 66.9 Å². The molecule has 0 saturated carbocycles. The SMILES string of the molecule is Cc1nc(CN2CCCN(C(=O)C(C)c3ccc4c(c3)OCCO4)CC2)cs1. The van der Waals surface area contributed by atoms with E-state index in [-0.39, 0.29) is 11.8 Å². The molecule has 6 nitrogen and oxygen atoms in total. The van der Waals surface area contributed by atoms with Crippen molar-refractivity contribution in [1.29, 1.82) is 0 Å². The van der Waals surface area contributed by atoms with Crippen LogP contribution in [0.2, 0.25) is 0 Å². The zero-order valence-corrected chi connectivity index (χ0v) is 17.3. The van der Waals surface area contributed by atoms with Crippen LogP contribution in [-0.4, -0.2) is 60.1 Å². The quantitative estimate of drug-likeness (QED) is 0.788. The standard InChI is InChI=1S/C21H27N3O3S/c1-15(17-4-5-19-20(12-17)27-11-10-26-19)21(25)24-7-3-6-23(8-9-24)13-18-14-28-16(2)22-18/h4-5,12,14-15H,3,6-11,13H2,1-2H3. The molecule has 2 aliphatic heterocycles. The number of amides is 1. The van der Waals surface area contributed by atoms with Gasteiger partial charge in [-0.25, -0.2) is 4.98 Å². The van der Waals surface area contributed by atoms with Crippen molar-refractivity contribution >= 4 is 17.2 Å². The fourth-order valence-corrected chi connectivity index (χ4v) is 4.41. The van der Waals surface area contributed by atoms with Crippen LogP contribution >= 0.6 is 11.3 Å². The Bertz CT molecular complexity index is 838. The maximum absolute atomic E-state index is 13.1. The molecule has 0 N–H and O–H groups in total. The third-order valence-electron chi connectivity index (χ3n) is 5.39. The molecule has 1 atom stereocenters. The van der Waals surface area contributed by atoms with E-state index in [1.165, 1.54) is 0 Å². The highest BCUT2D eigenvalue weighted by Crippen LogP contribution is 2.33. The summed E-state index contributed by atoms with van der Waals surface area (Å²) >= 11 is 1.69. The van der Waals surface area contributed by atoms with E-state index < -0.39 is 0 Å².